The number of hydrogen-bond acceptors (Lipinski definition) is 4. The van der Waals surface area contributed by atoms with Crippen LogP contribution in [0.1, 0.15) is 0 Å². The summed E-state index contributed by atoms with van der Waals surface area (Å²) < 4.78 is 26.5. The van der Waals surface area contributed by atoms with E-state index in [-0.39, 0.29) is 4.90 Å². The normalized spacial score (nSPS) is 11.8. The maximum absolute atomic E-state index is 12.5. The van der Waals surface area contributed by atoms with Crippen LogP contribution in [0.25, 0.3) is 10.2 Å². The predicted molar refractivity (Wildman–Crippen MR) is 75.1 cm³/mol. The highest BCUT2D eigenvalue weighted by atomic mass is 32.2. The molecule has 0 fully saturated rings. The quantitative estimate of drug-likeness (QED) is 0.728. The average molecular weight is 291 g/mol. The van der Waals surface area contributed by atoms with Gasteiger partial charge in [-0.15, -0.1) is 0 Å². The van der Waals surface area contributed by atoms with E-state index in [1.807, 2.05) is 0 Å². The smallest absolute Gasteiger partial charge is 0.255 e. The lowest BCUT2D eigenvalue weighted by atomic mass is 10.3. The molecular weight excluding hydrogens is 282 g/mol. The van der Waals surface area contributed by atoms with Gasteiger partial charge in [0.25, 0.3) is 10.0 Å². The minimum atomic E-state index is -3.84. The fraction of sp³-hybridized carbons (Fsp3) is 0. The fourth-order valence-electron chi connectivity index (χ4n) is 1.87. The zero-order chi connectivity index (χ0) is 13.5. The van der Waals surface area contributed by atoms with Gasteiger partial charge in [-0.3, -0.25) is 4.79 Å². The first-order valence-electron chi connectivity index (χ1n) is 5.52. The van der Waals surface area contributed by atoms with E-state index >= 15 is 0 Å². The maximum Gasteiger partial charge on any atom is 0.322 e. The number of para-hydroxylation sites is 1. The molecule has 0 atom stereocenters. The summed E-state index contributed by atoms with van der Waals surface area (Å²) in [5, 5.41) is 0. The van der Waals surface area contributed by atoms with E-state index in [0.717, 1.165) is 15.3 Å². The first-order valence-corrected chi connectivity index (χ1v) is 7.77. The fourth-order valence-corrected chi connectivity index (χ4v) is 4.44. The molecule has 0 saturated heterocycles. The number of benzene rings is 2. The molecule has 1 aromatic heterocycles. The maximum atomic E-state index is 12.5. The van der Waals surface area contributed by atoms with Gasteiger partial charge in [-0.25, -0.2) is 8.42 Å². The van der Waals surface area contributed by atoms with Gasteiger partial charge in [0.15, 0.2) is 0 Å². The Hall–Kier alpha value is -1.92. The summed E-state index contributed by atoms with van der Waals surface area (Å²) in [5.41, 5.74) is 0.418. The average Bonchev–Trinajstić information content (AvgIpc) is 2.76. The first-order chi connectivity index (χ1) is 9.10. The Morgan fingerprint density at radius 1 is 0.895 bits per heavy atom. The van der Waals surface area contributed by atoms with Gasteiger partial charge in [-0.05, 0) is 24.3 Å². The molecule has 0 amide bonds. The minimum Gasteiger partial charge on any atom is -0.255 e. The molecule has 3 rings (SSSR count). The molecule has 0 aliphatic rings. The Balaban J connectivity index is 2.37. The number of fused-ring (bicyclic) bond motifs is 1. The van der Waals surface area contributed by atoms with Crippen molar-refractivity contribution in [1.29, 1.82) is 0 Å². The lowest BCUT2D eigenvalue weighted by molar-refractivity contribution is 0.588. The molecule has 0 N–H and O–H groups in total. The zero-order valence-electron chi connectivity index (χ0n) is 9.68. The summed E-state index contributed by atoms with van der Waals surface area (Å²) in [5.74, 6) is 0. The van der Waals surface area contributed by atoms with Crippen molar-refractivity contribution in [3.63, 3.8) is 0 Å². The van der Waals surface area contributed by atoms with Gasteiger partial charge in [-0.2, -0.15) is 3.97 Å². The van der Waals surface area contributed by atoms with E-state index in [1.165, 1.54) is 12.1 Å². The summed E-state index contributed by atoms with van der Waals surface area (Å²) in [7, 11) is -3.84. The number of nitrogens with zero attached hydrogens (tertiary/aromatic N) is 1. The summed E-state index contributed by atoms with van der Waals surface area (Å²) in [6.45, 7) is 0. The third-order valence-corrected chi connectivity index (χ3v) is 5.48. The lowest BCUT2D eigenvalue weighted by Crippen LogP contribution is -2.22. The molecule has 2 aromatic carbocycles. The van der Waals surface area contributed by atoms with E-state index in [4.69, 9.17) is 0 Å². The van der Waals surface area contributed by atoms with Crippen molar-refractivity contribution in [3.05, 3.63) is 64.3 Å². The Morgan fingerprint density at radius 2 is 1.53 bits per heavy atom. The standard InChI is InChI=1S/C13H9NO3S2/c15-13-14(11-8-4-5-9-12(11)18-13)19(16,17)10-6-2-1-3-7-10/h1-9H. The molecule has 0 aliphatic heterocycles. The third kappa shape index (κ3) is 1.89. The molecule has 1 heterocycles. The van der Waals surface area contributed by atoms with Gasteiger partial charge < -0.3 is 0 Å². The highest BCUT2D eigenvalue weighted by Gasteiger charge is 2.22. The van der Waals surface area contributed by atoms with Crippen molar-refractivity contribution < 1.29 is 8.42 Å². The van der Waals surface area contributed by atoms with Crippen LogP contribution >= 0.6 is 11.3 Å². The van der Waals surface area contributed by atoms with E-state index in [2.05, 4.69) is 0 Å². The Morgan fingerprint density at radius 3 is 2.26 bits per heavy atom. The van der Waals surface area contributed by atoms with Crippen LogP contribution in [-0.4, -0.2) is 12.4 Å². The van der Waals surface area contributed by atoms with E-state index in [0.29, 0.717) is 10.2 Å². The molecule has 96 valence electrons. The Bertz CT molecular complexity index is 892. The number of aromatic nitrogens is 1. The Kier molecular flexibility index (Phi) is 2.76. The van der Waals surface area contributed by atoms with E-state index in [9.17, 15) is 13.2 Å². The molecule has 0 aliphatic carbocycles. The first kappa shape index (κ1) is 12.1. The van der Waals surface area contributed by atoms with Gasteiger partial charge in [0.2, 0.25) is 0 Å². The highest BCUT2D eigenvalue weighted by Crippen LogP contribution is 2.21. The molecule has 3 aromatic rings. The number of thiazole rings is 1. The molecule has 4 nitrogen and oxygen atoms in total. The van der Waals surface area contributed by atoms with Crippen LogP contribution in [0, 0.1) is 0 Å². The number of hydrogen-bond donors (Lipinski definition) is 0. The van der Waals surface area contributed by atoms with Gasteiger partial charge in [0.05, 0.1) is 15.1 Å². The third-order valence-electron chi connectivity index (χ3n) is 2.73. The van der Waals surface area contributed by atoms with Crippen LogP contribution in [0.3, 0.4) is 0 Å². The van der Waals surface area contributed by atoms with Crippen molar-refractivity contribution >= 4 is 31.6 Å². The van der Waals surface area contributed by atoms with Crippen molar-refractivity contribution in [2.75, 3.05) is 0 Å². The Labute approximate surface area is 113 Å². The minimum absolute atomic E-state index is 0.112. The molecule has 0 unspecified atom stereocenters. The molecule has 0 bridgehead atoms. The summed E-state index contributed by atoms with van der Waals surface area (Å²) >= 11 is 0.929. The SMILES string of the molecule is O=c1sc2ccccc2n1S(=O)(=O)c1ccccc1. The van der Waals surface area contributed by atoms with Crippen LogP contribution in [0.4, 0.5) is 0 Å². The molecule has 0 radical (unpaired) electrons. The van der Waals surface area contributed by atoms with Gasteiger partial charge in [0, 0.05) is 0 Å². The van der Waals surface area contributed by atoms with E-state index in [1.54, 1.807) is 42.5 Å². The van der Waals surface area contributed by atoms with Crippen LogP contribution in [0.5, 0.6) is 0 Å². The van der Waals surface area contributed by atoms with Crippen LogP contribution in [-0.2, 0) is 10.0 Å². The molecule has 19 heavy (non-hydrogen) atoms. The summed E-state index contributed by atoms with van der Waals surface area (Å²) in [6.07, 6.45) is 0. The summed E-state index contributed by atoms with van der Waals surface area (Å²) in [6, 6.07) is 14.8. The lowest BCUT2D eigenvalue weighted by Gasteiger charge is -2.05. The second-order valence-corrected chi connectivity index (χ2v) is 6.70. The monoisotopic (exact) mass is 291 g/mol. The second kappa shape index (κ2) is 4.32. The van der Waals surface area contributed by atoms with Crippen LogP contribution in [0.15, 0.2) is 64.3 Å². The molecule has 0 spiro atoms. The second-order valence-electron chi connectivity index (χ2n) is 3.92. The van der Waals surface area contributed by atoms with Crippen LogP contribution in [0.2, 0.25) is 0 Å². The topological polar surface area (TPSA) is 56.1 Å². The molecular formula is C13H9NO3S2. The van der Waals surface area contributed by atoms with Crippen molar-refractivity contribution in [2.24, 2.45) is 0 Å². The largest absolute Gasteiger partial charge is 0.322 e. The van der Waals surface area contributed by atoms with Crippen molar-refractivity contribution in [2.45, 2.75) is 4.90 Å². The highest BCUT2D eigenvalue weighted by molar-refractivity contribution is 7.90. The van der Waals surface area contributed by atoms with Crippen molar-refractivity contribution in [1.82, 2.24) is 3.97 Å². The predicted octanol–water partition coefficient (Wildman–Crippen LogP) is 2.30. The van der Waals surface area contributed by atoms with Crippen molar-refractivity contribution in [3.8, 4) is 0 Å². The summed E-state index contributed by atoms with van der Waals surface area (Å²) in [4.78, 5) is 11.6. The molecule has 0 saturated carbocycles. The van der Waals surface area contributed by atoms with Crippen LogP contribution < -0.4 is 4.87 Å². The van der Waals surface area contributed by atoms with Gasteiger partial charge in [0.1, 0.15) is 0 Å². The zero-order valence-corrected chi connectivity index (χ0v) is 11.3. The van der Waals surface area contributed by atoms with E-state index < -0.39 is 14.9 Å². The van der Waals surface area contributed by atoms with Gasteiger partial charge in [-0.1, -0.05) is 41.7 Å². The molecule has 6 heteroatoms. The van der Waals surface area contributed by atoms with Gasteiger partial charge >= 0.3 is 4.87 Å². The number of rotatable bonds is 2.